The molecule has 1 heterocycles. The lowest BCUT2D eigenvalue weighted by atomic mass is 10.2. The molecule has 0 aliphatic carbocycles. The van der Waals surface area contributed by atoms with Gasteiger partial charge in [0, 0.05) is 44.8 Å². The first-order chi connectivity index (χ1) is 9.69. The summed E-state index contributed by atoms with van der Waals surface area (Å²) in [5, 5.41) is 3.25. The van der Waals surface area contributed by atoms with Crippen LogP contribution >= 0.6 is 0 Å². The Balaban J connectivity index is 1.70. The van der Waals surface area contributed by atoms with Gasteiger partial charge in [0.25, 0.3) is 0 Å². The average molecular weight is 275 g/mol. The van der Waals surface area contributed by atoms with Crippen molar-refractivity contribution >= 4 is 18.0 Å². The van der Waals surface area contributed by atoms with Crippen LogP contribution in [0.25, 0.3) is 0 Å². The van der Waals surface area contributed by atoms with E-state index in [1.807, 2.05) is 36.1 Å². The molecule has 0 radical (unpaired) electrons. The van der Waals surface area contributed by atoms with Gasteiger partial charge in [-0.2, -0.15) is 0 Å². The van der Waals surface area contributed by atoms with Crippen molar-refractivity contribution in [1.82, 2.24) is 9.80 Å². The largest absolute Gasteiger partial charge is 0.385 e. The highest BCUT2D eigenvalue weighted by molar-refractivity contribution is 5.77. The average Bonchev–Trinajstić information content (AvgIpc) is 2.49. The highest BCUT2D eigenvalue weighted by Gasteiger charge is 2.19. The second-order valence-electron chi connectivity index (χ2n) is 5.06. The molecule has 1 aliphatic rings. The summed E-state index contributed by atoms with van der Waals surface area (Å²) in [6.45, 7) is 5.24. The molecule has 1 aromatic rings. The number of benzene rings is 1. The van der Waals surface area contributed by atoms with E-state index in [0.717, 1.165) is 12.1 Å². The Hall–Kier alpha value is -2.04. The molecule has 108 valence electrons. The lowest BCUT2D eigenvalue weighted by molar-refractivity contribution is -0.134. The predicted octanol–water partition coefficient (Wildman–Crippen LogP) is 1.10. The van der Waals surface area contributed by atoms with E-state index in [2.05, 4.69) is 5.32 Å². The van der Waals surface area contributed by atoms with Crippen LogP contribution in [-0.2, 0) is 9.59 Å². The van der Waals surface area contributed by atoms with Crippen LogP contribution in [0.2, 0.25) is 0 Å². The van der Waals surface area contributed by atoms with Gasteiger partial charge in [-0.25, -0.2) is 0 Å². The summed E-state index contributed by atoms with van der Waals surface area (Å²) >= 11 is 0. The molecule has 5 heteroatoms. The highest BCUT2D eigenvalue weighted by atomic mass is 16.2. The Morgan fingerprint density at radius 1 is 1.20 bits per heavy atom. The molecular weight excluding hydrogens is 254 g/mol. The molecule has 20 heavy (non-hydrogen) atoms. The molecule has 0 unspecified atom stereocenters. The number of hydrogen-bond donors (Lipinski definition) is 1. The number of nitrogens with zero attached hydrogens (tertiary/aromatic N) is 2. The molecule has 1 saturated heterocycles. The van der Waals surface area contributed by atoms with Gasteiger partial charge < -0.3 is 15.1 Å². The molecule has 1 aliphatic heterocycles. The highest BCUT2D eigenvalue weighted by Crippen LogP contribution is 2.09. The number of piperazine rings is 1. The molecule has 0 bridgehead atoms. The van der Waals surface area contributed by atoms with Gasteiger partial charge in [-0.1, -0.05) is 17.7 Å². The van der Waals surface area contributed by atoms with Crippen LogP contribution in [0.5, 0.6) is 0 Å². The second-order valence-corrected chi connectivity index (χ2v) is 5.06. The first-order valence-electron chi connectivity index (χ1n) is 6.97. The Bertz CT molecular complexity index is 451. The lowest BCUT2D eigenvalue weighted by Gasteiger charge is -2.32. The minimum Gasteiger partial charge on any atom is -0.385 e. The Labute approximate surface area is 119 Å². The molecule has 1 N–H and O–H groups in total. The first kappa shape index (κ1) is 14.4. The molecule has 2 rings (SSSR count). The molecule has 0 saturated carbocycles. The van der Waals surface area contributed by atoms with Crippen molar-refractivity contribution in [3.8, 4) is 0 Å². The molecular formula is C15H21N3O2. The number of aryl methyl sites for hydroxylation is 1. The van der Waals surface area contributed by atoms with Gasteiger partial charge in [-0.3, -0.25) is 9.59 Å². The molecule has 0 spiro atoms. The van der Waals surface area contributed by atoms with E-state index < -0.39 is 0 Å². The van der Waals surface area contributed by atoms with Gasteiger partial charge in [0.15, 0.2) is 0 Å². The maximum absolute atomic E-state index is 12.0. The maximum atomic E-state index is 12.0. The number of nitrogens with one attached hydrogen (secondary N) is 1. The van der Waals surface area contributed by atoms with Crippen molar-refractivity contribution in [2.24, 2.45) is 0 Å². The van der Waals surface area contributed by atoms with Gasteiger partial charge >= 0.3 is 0 Å². The van der Waals surface area contributed by atoms with Crippen molar-refractivity contribution in [3.63, 3.8) is 0 Å². The standard InChI is InChI=1S/C15H21N3O2/c1-13-2-4-14(5-3-13)16-7-6-15(20)18-10-8-17(12-19)9-11-18/h2-5,12,16H,6-11H2,1H3. The van der Waals surface area contributed by atoms with E-state index in [1.165, 1.54) is 5.56 Å². The van der Waals surface area contributed by atoms with E-state index >= 15 is 0 Å². The minimum atomic E-state index is 0.148. The summed E-state index contributed by atoms with van der Waals surface area (Å²) in [6, 6.07) is 8.12. The van der Waals surface area contributed by atoms with Crippen LogP contribution in [0.15, 0.2) is 24.3 Å². The smallest absolute Gasteiger partial charge is 0.224 e. The summed E-state index contributed by atoms with van der Waals surface area (Å²) in [5.74, 6) is 0.148. The zero-order valence-electron chi connectivity index (χ0n) is 11.8. The number of anilines is 1. The maximum Gasteiger partial charge on any atom is 0.224 e. The van der Waals surface area contributed by atoms with Crippen molar-refractivity contribution in [2.45, 2.75) is 13.3 Å². The number of amides is 2. The third-order valence-corrected chi connectivity index (χ3v) is 3.54. The molecule has 0 atom stereocenters. The fourth-order valence-electron chi connectivity index (χ4n) is 2.22. The molecule has 1 fully saturated rings. The zero-order valence-corrected chi connectivity index (χ0v) is 11.8. The summed E-state index contributed by atoms with van der Waals surface area (Å²) in [4.78, 5) is 26.2. The van der Waals surface area contributed by atoms with Crippen molar-refractivity contribution < 1.29 is 9.59 Å². The quantitative estimate of drug-likeness (QED) is 0.819. The summed E-state index contributed by atoms with van der Waals surface area (Å²) < 4.78 is 0. The van der Waals surface area contributed by atoms with Gasteiger partial charge in [0.2, 0.25) is 12.3 Å². The van der Waals surface area contributed by atoms with Gasteiger partial charge in [-0.05, 0) is 19.1 Å². The number of carbonyl (C=O) groups excluding carboxylic acids is 2. The van der Waals surface area contributed by atoms with Crippen LogP contribution < -0.4 is 5.32 Å². The van der Waals surface area contributed by atoms with Crippen molar-refractivity contribution in [1.29, 1.82) is 0 Å². The van der Waals surface area contributed by atoms with E-state index in [0.29, 0.717) is 39.1 Å². The van der Waals surface area contributed by atoms with Gasteiger partial charge in [0.1, 0.15) is 0 Å². The minimum absolute atomic E-state index is 0.148. The number of rotatable bonds is 5. The Morgan fingerprint density at radius 2 is 1.85 bits per heavy atom. The first-order valence-corrected chi connectivity index (χ1v) is 6.97. The Morgan fingerprint density at radius 3 is 2.45 bits per heavy atom. The number of carbonyl (C=O) groups is 2. The van der Waals surface area contributed by atoms with Gasteiger partial charge in [-0.15, -0.1) is 0 Å². The number of hydrogen-bond acceptors (Lipinski definition) is 3. The van der Waals surface area contributed by atoms with Gasteiger partial charge in [0.05, 0.1) is 0 Å². The molecule has 0 aromatic heterocycles. The summed E-state index contributed by atoms with van der Waals surface area (Å²) in [5.41, 5.74) is 2.26. The van der Waals surface area contributed by atoms with Crippen LogP contribution in [0.1, 0.15) is 12.0 Å². The van der Waals surface area contributed by atoms with Crippen LogP contribution in [0.3, 0.4) is 0 Å². The second kappa shape index (κ2) is 6.93. The fraction of sp³-hybridized carbons (Fsp3) is 0.467. The van der Waals surface area contributed by atoms with Crippen LogP contribution in [0.4, 0.5) is 5.69 Å². The monoisotopic (exact) mass is 275 g/mol. The fourth-order valence-corrected chi connectivity index (χ4v) is 2.22. The third-order valence-electron chi connectivity index (χ3n) is 3.54. The zero-order chi connectivity index (χ0) is 14.4. The van der Waals surface area contributed by atoms with Crippen molar-refractivity contribution in [2.75, 3.05) is 38.0 Å². The van der Waals surface area contributed by atoms with E-state index in [1.54, 1.807) is 4.90 Å². The van der Waals surface area contributed by atoms with E-state index in [4.69, 9.17) is 0 Å². The normalized spacial score (nSPS) is 15.1. The van der Waals surface area contributed by atoms with Crippen LogP contribution in [-0.4, -0.2) is 54.8 Å². The van der Waals surface area contributed by atoms with Crippen LogP contribution in [0, 0.1) is 6.92 Å². The molecule has 5 nitrogen and oxygen atoms in total. The SMILES string of the molecule is Cc1ccc(NCCC(=O)N2CCN(C=O)CC2)cc1. The Kier molecular flexibility index (Phi) is 4.98. The predicted molar refractivity (Wildman–Crippen MR) is 78.5 cm³/mol. The molecule has 2 amide bonds. The van der Waals surface area contributed by atoms with E-state index in [-0.39, 0.29) is 5.91 Å². The summed E-state index contributed by atoms with van der Waals surface area (Å²) in [7, 11) is 0. The third kappa shape index (κ3) is 3.98. The molecule has 1 aromatic carbocycles. The lowest BCUT2D eigenvalue weighted by Crippen LogP contribution is -2.48. The topological polar surface area (TPSA) is 52.7 Å². The summed E-state index contributed by atoms with van der Waals surface area (Å²) in [6.07, 6.45) is 1.33. The van der Waals surface area contributed by atoms with Crippen molar-refractivity contribution in [3.05, 3.63) is 29.8 Å². The van der Waals surface area contributed by atoms with E-state index in [9.17, 15) is 9.59 Å².